The van der Waals surface area contributed by atoms with Crippen molar-refractivity contribution in [1.29, 1.82) is 0 Å². The van der Waals surface area contributed by atoms with E-state index in [9.17, 15) is 4.79 Å². The van der Waals surface area contributed by atoms with Crippen LogP contribution in [0.5, 0.6) is 0 Å². The Morgan fingerprint density at radius 2 is 2.07 bits per heavy atom. The number of hydrogen-bond donors (Lipinski definition) is 1. The van der Waals surface area contributed by atoms with Crippen molar-refractivity contribution < 1.29 is 9.53 Å². The van der Waals surface area contributed by atoms with Crippen molar-refractivity contribution in [3.8, 4) is 0 Å². The van der Waals surface area contributed by atoms with E-state index in [1.807, 2.05) is 16.4 Å². The third-order valence-corrected chi connectivity index (χ3v) is 5.96. The van der Waals surface area contributed by atoms with Crippen molar-refractivity contribution in [2.24, 2.45) is 5.73 Å². The maximum absolute atomic E-state index is 11.3. The van der Waals surface area contributed by atoms with Gasteiger partial charge in [-0.2, -0.15) is 0 Å². The van der Waals surface area contributed by atoms with Gasteiger partial charge in [0.2, 0.25) is 5.91 Å². The Bertz CT molecular complexity index is 1140. The predicted molar refractivity (Wildman–Crippen MR) is 116 cm³/mol. The lowest BCUT2D eigenvalue weighted by atomic mass is 10.1. The third-order valence-electron chi connectivity index (χ3n) is 4.91. The number of primary amides is 1. The summed E-state index contributed by atoms with van der Waals surface area (Å²) < 4.78 is 7.47. The minimum Gasteiger partial charge on any atom is -0.366 e. The van der Waals surface area contributed by atoms with E-state index in [2.05, 4.69) is 33.2 Å². The number of hydrogen-bond acceptors (Lipinski definition) is 7. The molecular formula is C21H22N6O2S. The number of ether oxygens (including phenoxy) is 1. The lowest BCUT2D eigenvalue weighted by Gasteiger charge is -2.30. The predicted octanol–water partition coefficient (Wildman–Crippen LogP) is 3.13. The van der Waals surface area contributed by atoms with Crippen LogP contribution in [0.1, 0.15) is 23.9 Å². The van der Waals surface area contributed by atoms with E-state index in [0.29, 0.717) is 18.8 Å². The normalized spacial score (nSPS) is 13.2. The minimum atomic E-state index is -0.447. The fourth-order valence-corrected chi connectivity index (χ4v) is 4.23. The van der Waals surface area contributed by atoms with Gasteiger partial charge in [0.25, 0.3) is 0 Å². The molecule has 1 aliphatic heterocycles. The van der Waals surface area contributed by atoms with E-state index in [1.54, 1.807) is 50.6 Å². The molecule has 1 aromatic carbocycles. The van der Waals surface area contributed by atoms with E-state index in [0.717, 1.165) is 38.4 Å². The number of fused-ring (bicyclic) bond motifs is 2. The zero-order valence-electron chi connectivity index (χ0n) is 17.0. The van der Waals surface area contributed by atoms with Crippen molar-refractivity contribution in [2.75, 3.05) is 18.7 Å². The molecule has 0 aliphatic carbocycles. The van der Waals surface area contributed by atoms with Crippen molar-refractivity contribution in [1.82, 2.24) is 19.5 Å². The number of anilines is 2. The van der Waals surface area contributed by atoms with Gasteiger partial charge in [-0.1, -0.05) is 17.8 Å². The van der Waals surface area contributed by atoms with Crippen LogP contribution in [0.15, 0.2) is 52.4 Å². The first-order valence-electron chi connectivity index (χ1n) is 9.36. The van der Waals surface area contributed by atoms with Crippen LogP contribution < -0.4 is 10.6 Å². The van der Waals surface area contributed by atoms with Gasteiger partial charge < -0.3 is 15.0 Å². The molecular weight excluding hydrogens is 400 g/mol. The zero-order valence-corrected chi connectivity index (χ0v) is 17.8. The molecule has 30 heavy (non-hydrogen) atoms. The van der Waals surface area contributed by atoms with E-state index in [-0.39, 0.29) is 0 Å². The van der Waals surface area contributed by atoms with Gasteiger partial charge >= 0.3 is 0 Å². The molecule has 0 atom stereocenters. The third kappa shape index (κ3) is 3.81. The molecule has 0 saturated heterocycles. The lowest BCUT2D eigenvalue weighted by Crippen LogP contribution is -2.24. The minimum absolute atomic E-state index is 0.383. The van der Waals surface area contributed by atoms with Crippen LogP contribution in [0, 0.1) is 6.92 Å². The van der Waals surface area contributed by atoms with E-state index >= 15 is 0 Å². The molecule has 0 radical (unpaired) electrons. The second-order valence-electron chi connectivity index (χ2n) is 6.97. The Kier molecular flexibility index (Phi) is 5.56. The highest BCUT2D eigenvalue weighted by Gasteiger charge is 2.25. The van der Waals surface area contributed by atoms with Crippen molar-refractivity contribution in [3.05, 3.63) is 59.4 Å². The fourth-order valence-electron chi connectivity index (χ4n) is 3.24. The fraction of sp³-hybridized carbons (Fsp3) is 0.238. The summed E-state index contributed by atoms with van der Waals surface area (Å²) in [5.41, 5.74) is 9.67. The number of aromatic nitrogens is 4. The van der Waals surface area contributed by atoms with Gasteiger partial charge in [-0.3, -0.25) is 9.69 Å². The summed E-state index contributed by atoms with van der Waals surface area (Å²) in [6, 6.07) is 6.34. The molecule has 9 heteroatoms. The van der Waals surface area contributed by atoms with Gasteiger partial charge in [0.05, 0.1) is 17.7 Å². The molecule has 0 saturated carbocycles. The van der Waals surface area contributed by atoms with E-state index in [1.165, 1.54) is 0 Å². The monoisotopic (exact) mass is 422 g/mol. The molecule has 0 spiro atoms. The average Bonchev–Trinajstić information content (AvgIpc) is 3.07. The summed E-state index contributed by atoms with van der Waals surface area (Å²) >= 11 is 1.60. The topological polar surface area (TPSA) is 99.2 Å². The molecule has 0 bridgehead atoms. The van der Waals surface area contributed by atoms with Crippen LogP contribution >= 0.6 is 11.8 Å². The summed E-state index contributed by atoms with van der Waals surface area (Å²) in [6.45, 7) is 4.69. The maximum Gasteiger partial charge on any atom is 0.244 e. The lowest BCUT2D eigenvalue weighted by molar-refractivity contribution is -0.114. The largest absolute Gasteiger partial charge is 0.366 e. The highest BCUT2D eigenvalue weighted by Crippen LogP contribution is 2.46. The van der Waals surface area contributed by atoms with Gasteiger partial charge in [-0.15, -0.1) is 0 Å². The number of rotatable bonds is 6. The number of carbonyl (C=O) groups excluding carboxylic acids is 1. The van der Waals surface area contributed by atoms with Crippen molar-refractivity contribution >= 4 is 35.3 Å². The van der Waals surface area contributed by atoms with Crippen molar-refractivity contribution in [2.45, 2.75) is 30.3 Å². The van der Waals surface area contributed by atoms with Gasteiger partial charge in [-0.05, 0) is 37.6 Å². The van der Waals surface area contributed by atoms with Gasteiger partial charge in [0.1, 0.15) is 11.8 Å². The first kappa shape index (κ1) is 20.1. The molecule has 0 unspecified atom stereocenters. The number of nitrogens with zero attached hydrogens (tertiary/aromatic N) is 5. The first-order valence-corrected chi connectivity index (χ1v) is 10.2. The van der Waals surface area contributed by atoms with Crippen molar-refractivity contribution in [3.63, 3.8) is 0 Å². The van der Waals surface area contributed by atoms with Crippen LogP contribution in [0.2, 0.25) is 0 Å². The SMILES string of the molecule is COCN1c2cc(Cn3cnc(C=C(C)C(N)=O)c3C)ccc2Sc2nccnc21. The Labute approximate surface area is 178 Å². The maximum atomic E-state index is 11.3. The summed E-state index contributed by atoms with van der Waals surface area (Å²) in [7, 11) is 1.67. The summed E-state index contributed by atoms with van der Waals surface area (Å²) in [5, 5.41) is 0.863. The van der Waals surface area contributed by atoms with Gasteiger partial charge in [0.15, 0.2) is 5.82 Å². The molecule has 4 rings (SSSR count). The number of imidazole rings is 1. The highest BCUT2D eigenvalue weighted by molar-refractivity contribution is 7.99. The van der Waals surface area contributed by atoms with E-state index < -0.39 is 5.91 Å². The summed E-state index contributed by atoms with van der Waals surface area (Å²) in [5.74, 6) is 0.347. The molecule has 8 nitrogen and oxygen atoms in total. The molecule has 0 fully saturated rings. The second-order valence-corrected chi connectivity index (χ2v) is 8.00. The average molecular weight is 423 g/mol. The molecule has 2 aromatic heterocycles. The number of carbonyl (C=O) groups is 1. The Balaban J connectivity index is 1.65. The molecule has 1 aliphatic rings. The Morgan fingerprint density at radius 3 is 2.83 bits per heavy atom. The number of methoxy groups -OCH3 is 1. The second kappa shape index (κ2) is 8.29. The van der Waals surface area contributed by atoms with Crippen LogP contribution in [-0.2, 0) is 16.1 Å². The molecule has 3 aromatic rings. The van der Waals surface area contributed by atoms with Crippen LogP contribution in [0.25, 0.3) is 6.08 Å². The Morgan fingerprint density at radius 1 is 1.27 bits per heavy atom. The van der Waals surface area contributed by atoms with Crippen LogP contribution in [0.4, 0.5) is 11.5 Å². The quantitative estimate of drug-likeness (QED) is 0.609. The molecule has 3 heterocycles. The van der Waals surface area contributed by atoms with Crippen LogP contribution in [0.3, 0.4) is 0 Å². The molecule has 2 N–H and O–H groups in total. The number of nitrogens with two attached hydrogens (primary N) is 1. The number of amides is 1. The Hall–Kier alpha value is -3.17. The zero-order chi connectivity index (χ0) is 21.3. The molecule has 1 amide bonds. The summed E-state index contributed by atoms with van der Waals surface area (Å²) in [4.78, 5) is 27.8. The summed E-state index contributed by atoms with van der Waals surface area (Å²) in [6.07, 6.45) is 6.88. The first-order chi connectivity index (χ1) is 14.5. The van der Waals surface area contributed by atoms with Gasteiger partial charge in [0, 0.05) is 42.2 Å². The number of benzene rings is 1. The van der Waals surface area contributed by atoms with Gasteiger partial charge in [-0.25, -0.2) is 15.0 Å². The standard InChI is InChI=1S/C21H22N6O2S/c1-13(19(22)28)8-16-14(2)26(11-25-16)10-15-4-5-18-17(9-15)27(12-29-3)20-21(30-18)24-7-6-23-20/h4-9,11H,10,12H2,1-3H3,(H2,22,28). The highest BCUT2D eigenvalue weighted by atomic mass is 32.2. The molecule has 154 valence electrons. The smallest absolute Gasteiger partial charge is 0.244 e. The van der Waals surface area contributed by atoms with E-state index in [4.69, 9.17) is 10.5 Å². The van der Waals surface area contributed by atoms with Crippen LogP contribution in [-0.4, -0.2) is 39.3 Å².